The predicted octanol–water partition coefficient (Wildman–Crippen LogP) is 6.10. The molecule has 0 N–H and O–H groups in total. The Morgan fingerprint density at radius 3 is 2.47 bits per heavy atom. The highest BCUT2D eigenvalue weighted by Gasteiger charge is 2.10. The summed E-state index contributed by atoms with van der Waals surface area (Å²) in [5.41, 5.74) is 2.27. The van der Waals surface area contributed by atoms with Crippen LogP contribution in [0.15, 0.2) is 46.9 Å². The summed E-state index contributed by atoms with van der Waals surface area (Å²) in [5, 5.41) is 0. The molecule has 0 saturated heterocycles. The Morgan fingerprint density at radius 2 is 1.84 bits per heavy atom. The highest BCUT2D eigenvalue weighted by Crippen LogP contribution is 2.34. The predicted molar refractivity (Wildman–Crippen MR) is 84.3 cm³/mol. The molecule has 0 heterocycles. The van der Waals surface area contributed by atoms with Crippen molar-refractivity contribution in [1.29, 1.82) is 0 Å². The lowest BCUT2D eigenvalue weighted by molar-refractivity contribution is 0.470. The molecule has 100 valence electrons. The van der Waals surface area contributed by atoms with Crippen molar-refractivity contribution in [3.8, 4) is 11.5 Å². The second-order valence-electron chi connectivity index (χ2n) is 4.69. The van der Waals surface area contributed by atoms with E-state index in [4.69, 9.17) is 16.3 Å². The van der Waals surface area contributed by atoms with Gasteiger partial charge in [0.15, 0.2) is 0 Å². The van der Waals surface area contributed by atoms with Crippen LogP contribution in [-0.4, -0.2) is 0 Å². The van der Waals surface area contributed by atoms with Crippen LogP contribution in [0.4, 0.5) is 0 Å². The fourth-order valence-electron chi connectivity index (χ4n) is 1.88. The molecule has 0 unspecified atom stereocenters. The molecule has 2 aromatic rings. The number of rotatable bonds is 4. The first-order chi connectivity index (χ1) is 9.11. The Labute approximate surface area is 127 Å². The van der Waals surface area contributed by atoms with E-state index >= 15 is 0 Å². The van der Waals surface area contributed by atoms with Gasteiger partial charge in [-0.2, -0.15) is 0 Å². The molecule has 19 heavy (non-hydrogen) atoms. The normalized spacial score (nSPS) is 10.8. The van der Waals surface area contributed by atoms with Crippen molar-refractivity contribution in [2.75, 3.05) is 0 Å². The van der Waals surface area contributed by atoms with Gasteiger partial charge in [0, 0.05) is 5.88 Å². The molecule has 0 aromatic heterocycles. The quantitative estimate of drug-likeness (QED) is 0.611. The number of para-hydroxylation sites is 1. The van der Waals surface area contributed by atoms with E-state index in [2.05, 4.69) is 35.8 Å². The van der Waals surface area contributed by atoms with Crippen LogP contribution >= 0.6 is 27.5 Å². The highest BCUT2D eigenvalue weighted by molar-refractivity contribution is 9.10. The van der Waals surface area contributed by atoms with Crippen molar-refractivity contribution in [2.45, 2.75) is 25.6 Å². The van der Waals surface area contributed by atoms with Gasteiger partial charge in [-0.1, -0.05) is 38.1 Å². The first kappa shape index (κ1) is 14.4. The maximum absolute atomic E-state index is 6.01. The zero-order valence-corrected chi connectivity index (χ0v) is 13.3. The van der Waals surface area contributed by atoms with Gasteiger partial charge in [-0.25, -0.2) is 0 Å². The van der Waals surface area contributed by atoms with Crippen LogP contribution in [0.2, 0.25) is 0 Å². The molecular weight excluding hydrogens is 324 g/mol. The summed E-state index contributed by atoms with van der Waals surface area (Å²) < 4.78 is 6.93. The van der Waals surface area contributed by atoms with E-state index in [0.717, 1.165) is 21.5 Å². The monoisotopic (exact) mass is 338 g/mol. The van der Waals surface area contributed by atoms with Gasteiger partial charge in [0.05, 0.1) is 4.47 Å². The van der Waals surface area contributed by atoms with Crippen molar-refractivity contribution >= 4 is 27.5 Å². The van der Waals surface area contributed by atoms with E-state index < -0.39 is 0 Å². The van der Waals surface area contributed by atoms with E-state index in [0.29, 0.717) is 11.8 Å². The van der Waals surface area contributed by atoms with Crippen LogP contribution in [0.1, 0.15) is 30.9 Å². The lowest BCUT2D eigenvalue weighted by atomic mass is 10.0. The van der Waals surface area contributed by atoms with Gasteiger partial charge < -0.3 is 4.74 Å². The highest BCUT2D eigenvalue weighted by atomic mass is 79.9. The topological polar surface area (TPSA) is 9.23 Å². The average Bonchev–Trinajstić information content (AvgIpc) is 2.41. The molecule has 0 fully saturated rings. The molecule has 0 saturated carbocycles. The van der Waals surface area contributed by atoms with Gasteiger partial charge in [-0.05, 0) is 51.2 Å². The fraction of sp³-hybridized carbons (Fsp3) is 0.250. The standard InChI is InChI=1S/C16H16BrClO/c1-11(2)13-5-3-4-6-15(13)19-16-8-7-12(10-18)9-14(16)17/h3-9,11H,10H2,1-2H3. The summed E-state index contributed by atoms with van der Waals surface area (Å²) in [7, 11) is 0. The van der Waals surface area contributed by atoms with Gasteiger partial charge in [0.2, 0.25) is 0 Å². The van der Waals surface area contributed by atoms with Crippen molar-refractivity contribution < 1.29 is 4.74 Å². The number of alkyl halides is 1. The SMILES string of the molecule is CC(C)c1ccccc1Oc1ccc(CCl)cc1Br. The minimum Gasteiger partial charge on any atom is -0.456 e. The molecule has 0 aliphatic heterocycles. The lowest BCUT2D eigenvalue weighted by Crippen LogP contribution is -1.94. The Kier molecular flexibility index (Phi) is 4.89. The molecule has 0 amide bonds. The summed E-state index contributed by atoms with van der Waals surface area (Å²) in [6.45, 7) is 4.32. The van der Waals surface area contributed by atoms with Gasteiger partial charge in [0.25, 0.3) is 0 Å². The molecule has 0 radical (unpaired) electrons. The first-order valence-electron chi connectivity index (χ1n) is 6.23. The fourth-order valence-corrected chi connectivity index (χ4v) is 2.55. The lowest BCUT2D eigenvalue weighted by Gasteiger charge is -2.14. The zero-order valence-electron chi connectivity index (χ0n) is 11.0. The molecule has 2 aromatic carbocycles. The van der Waals surface area contributed by atoms with Crippen LogP contribution in [0, 0.1) is 0 Å². The smallest absolute Gasteiger partial charge is 0.141 e. The Hall–Kier alpha value is -0.990. The number of hydrogen-bond acceptors (Lipinski definition) is 1. The molecule has 0 bridgehead atoms. The maximum Gasteiger partial charge on any atom is 0.141 e. The molecule has 2 rings (SSSR count). The average molecular weight is 340 g/mol. The maximum atomic E-state index is 6.01. The Balaban J connectivity index is 2.31. The Bertz CT molecular complexity index is 566. The third-order valence-electron chi connectivity index (χ3n) is 2.91. The van der Waals surface area contributed by atoms with Crippen LogP contribution in [0.3, 0.4) is 0 Å². The van der Waals surface area contributed by atoms with Crippen LogP contribution in [0.5, 0.6) is 11.5 Å². The van der Waals surface area contributed by atoms with Crippen molar-refractivity contribution in [3.05, 3.63) is 58.1 Å². The minimum absolute atomic E-state index is 0.428. The molecule has 3 heteroatoms. The van der Waals surface area contributed by atoms with Gasteiger partial charge in [0.1, 0.15) is 11.5 Å². The summed E-state index contributed by atoms with van der Waals surface area (Å²) in [6, 6.07) is 14.0. The van der Waals surface area contributed by atoms with Gasteiger partial charge in [-0.3, -0.25) is 0 Å². The largest absolute Gasteiger partial charge is 0.456 e. The number of hydrogen-bond donors (Lipinski definition) is 0. The van der Waals surface area contributed by atoms with Crippen molar-refractivity contribution in [1.82, 2.24) is 0 Å². The van der Waals surface area contributed by atoms with E-state index in [-0.39, 0.29) is 0 Å². The van der Waals surface area contributed by atoms with E-state index in [9.17, 15) is 0 Å². The molecular formula is C16H16BrClO. The van der Waals surface area contributed by atoms with E-state index in [1.54, 1.807) is 0 Å². The summed E-state index contributed by atoms with van der Waals surface area (Å²) in [6.07, 6.45) is 0. The van der Waals surface area contributed by atoms with Crippen LogP contribution in [-0.2, 0) is 5.88 Å². The zero-order chi connectivity index (χ0) is 13.8. The van der Waals surface area contributed by atoms with Gasteiger partial charge in [-0.15, -0.1) is 11.6 Å². The second kappa shape index (κ2) is 6.44. The van der Waals surface area contributed by atoms with Crippen LogP contribution in [0.25, 0.3) is 0 Å². The third kappa shape index (κ3) is 3.52. The van der Waals surface area contributed by atoms with E-state index in [1.807, 2.05) is 36.4 Å². The second-order valence-corrected chi connectivity index (χ2v) is 5.81. The molecule has 0 aliphatic carbocycles. The van der Waals surface area contributed by atoms with E-state index in [1.165, 1.54) is 5.56 Å². The Morgan fingerprint density at radius 1 is 1.11 bits per heavy atom. The molecule has 1 nitrogen and oxygen atoms in total. The summed E-state index contributed by atoms with van der Waals surface area (Å²) in [5.74, 6) is 2.64. The molecule has 0 spiro atoms. The van der Waals surface area contributed by atoms with Gasteiger partial charge >= 0.3 is 0 Å². The number of ether oxygens (including phenoxy) is 1. The molecule has 0 aliphatic rings. The van der Waals surface area contributed by atoms with Crippen molar-refractivity contribution in [3.63, 3.8) is 0 Å². The first-order valence-corrected chi connectivity index (χ1v) is 7.55. The van der Waals surface area contributed by atoms with Crippen molar-refractivity contribution in [2.24, 2.45) is 0 Å². The third-order valence-corrected chi connectivity index (χ3v) is 3.84. The number of halogens is 2. The number of benzene rings is 2. The summed E-state index contributed by atoms with van der Waals surface area (Å²) in [4.78, 5) is 0. The minimum atomic E-state index is 0.428. The van der Waals surface area contributed by atoms with Crippen LogP contribution < -0.4 is 4.74 Å². The molecule has 0 atom stereocenters. The summed E-state index contributed by atoms with van der Waals surface area (Å²) >= 11 is 9.34.